The van der Waals surface area contributed by atoms with Gasteiger partial charge in [0.05, 0.1) is 18.5 Å². The number of amides is 1. The van der Waals surface area contributed by atoms with E-state index in [0.717, 1.165) is 4.90 Å². The monoisotopic (exact) mass is 322 g/mol. The fourth-order valence-electron chi connectivity index (χ4n) is 1.84. The summed E-state index contributed by atoms with van der Waals surface area (Å²) in [6.07, 6.45) is 1.23. The van der Waals surface area contributed by atoms with Gasteiger partial charge in [-0.25, -0.2) is 4.39 Å². The van der Waals surface area contributed by atoms with Crippen molar-refractivity contribution in [1.82, 2.24) is 19.9 Å². The van der Waals surface area contributed by atoms with Crippen molar-refractivity contribution in [3.8, 4) is 5.69 Å². The van der Waals surface area contributed by atoms with Gasteiger partial charge < -0.3 is 14.7 Å². The van der Waals surface area contributed by atoms with Crippen molar-refractivity contribution in [3.63, 3.8) is 0 Å². The molecule has 23 heavy (non-hydrogen) atoms. The zero-order chi connectivity index (χ0) is 16.8. The summed E-state index contributed by atoms with van der Waals surface area (Å²) in [5.74, 6) is -2.11. The number of benzene rings is 1. The molecule has 0 saturated heterocycles. The minimum atomic E-state index is -1.14. The van der Waals surface area contributed by atoms with E-state index in [1.54, 1.807) is 0 Å². The number of carbonyl (C=O) groups excluding carboxylic acids is 1. The molecule has 0 atom stereocenters. The predicted molar refractivity (Wildman–Crippen MR) is 76.7 cm³/mol. The molecule has 2 aromatic rings. The lowest BCUT2D eigenvalue weighted by Crippen LogP contribution is -2.38. The fraction of sp³-hybridized carbons (Fsp3) is 0.286. The lowest BCUT2D eigenvalue weighted by Gasteiger charge is -2.18. The van der Waals surface area contributed by atoms with Crippen LogP contribution in [0.15, 0.2) is 30.5 Å². The van der Waals surface area contributed by atoms with E-state index >= 15 is 0 Å². The second-order valence-electron chi connectivity index (χ2n) is 4.61. The normalized spacial score (nSPS) is 10.5. The van der Waals surface area contributed by atoms with Crippen molar-refractivity contribution in [2.24, 2.45) is 0 Å². The van der Waals surface area contributed by atoms with Crippen LogP contribution in [0.3, 0.4) is 0 Å². The molecule has 1 amide bonds. The summed E-state index contributed by atoms with van der Waals surface area (Å²) in [5.41, 5.74) is 0.471. The van der Waals surface area contributed by atoms with Gasteiger partial charge in [0.15, 0.2) is 5.69 Å². The van der Waals surface area contributed by atoms with Crippen LogP contribution in [0.1, 0.15) is 10.5 Å². The first kappa shape index (κ1) is 16.6. The molecule has 2 rings (SSSR count). The molecule has 0 aliphatic heterocycles. The zero-order valence-electron chi connectivity index (χ0n) is 12.3. The van der Waals surface area contributed by atoms with E-state index in [1.807, 2.05) is 0 Å². The highest BCUT2D eigenvalue weighted by atomic mass is 19.1. The number of carbonyl (C=O) groups is 2. The average molecular weight is 322 g/mol. The van der Waals surface area contributed by atoms with Gasteiger partial charge in [0.25, 0.3) is 5.91 Å². The van der Waals surface area contributed by atoms with Crippen LogP contribution in [0.5, 0.6) is 0 Å². The van der Waals surface area contributed by atoms with Crippen molar-refractivity contribution in [2.75, 3.05) is 26.8 Å². The summed E-state index contributed by atoms with van der Waals surface area (Å²) in [5, 5.41) is 16.8. The Morgan fingerprint density at radius 1 is 1.35 bits per heavy atom. The third kappa shape index (κ3) is 4.33. The number of hydrogen-bond acceptors (Lipinski definition) is 5. The Balaban J connectivity index is 2.17. The first-order valence-corrected chi connectivity index (χ1v) is 6.69. The number of carboxylic acids is 1. The Kier molecular flexibility index (Phi) is 5.36. The van der Waals surface area contributed by atoms with Crippen LogP contribution in [-0.2, 0) is 9.53 Å². The van der Waals surface area contributed by atoms with Crippen LogP contribution in [0, 0.1) is 5.82 Å². The molecule has 0 aliphatic rings. The SMILES string of the molecule is COCCN(CC(=O)O)C(=O)c1cnn(-c2ccc(F)cc2)n1. The van der Waals surface area contributed by atoms with Crippen LogP contribution in [0.4, 0.5) is 4.39 Å². The van der Waals surface area contributed by atoms with E-state index in [1.165, 1.54) is 42.4 Å². The molecule has 122 valence electrons. The summed E-state index contributed by atoms with van der Waals surface area (Å²) in [6, 6.07) is 5.41. The minimum absolute atomic E-state index is 0.00771. The van der Waals surface area contributed by atoms with E-state index in [-0.39, 0.29) is 18.8 Å². The summed E-state index contributed by atoms with van der Waals surface area (Å²) < 4.78 is 17.8. The highest BCUT2D eigenvalue weighted by Crippen LogP contribution is 2.08. The number of nitrogens with zero attached hydrogens (tertiary/aromatic N) is 4. The van der Waals surface area contributed by atoms with Gasteiger partial charge in [-0.05, 0) is 24.3 Å². The Hall–Kier alpha value is -2.81. The molecule has 0 radical (unpaired) electrons. The van der Waals surface area contributed by atoms with Crippen LogP contribution < -0.4 is 0 Å². The quantitative estimate of drug-likeness (QED) is 0.801. The predicted octanol–water partition coefficient (Wildman–Crippen LogP) is 0.580. The van der Waals surface area contributed by atoms with Gasteiger partial charge in [-0.3, -0.25) is 9.59 Å². The highest BCUT2D eigenvalue weighted by molar-refractivity contribution is 5.93. The molecule has 0 saturated carbocycles. The van der Waals surface area contributed by atoms with Crippen molar-refractivity contribution in [1.29, 1.82) is 0 Å². The fourth-order valence-corrected chi connectivity index (χ4v) is 1.84. The van der Waals surface area contributed by atoms with E-state index in [2.05, 4.69) is 10.2 Å². The number of carboxylic acid groups (broad SMARTS) is 1. The van der Waals surface area contributed by atoms with Crippen LogP contribution in [0.2, 0.25) is 0 Å². The lowest BCUT2D eigenvalue weighted by molar-refractivity contribution is -0.137. The number of ether oxygens (including phenoxy) is 1. The van der Waals surface area contributed by atoms with Gasteiger partial charge in [-0.1, -0.05) is 0 Å². The maximum atomic E-state index is 12.9. The Morgan fingerprint density at radius 3 is 2.65 bits per heavy atom. The van der Waals surface area contributed by atoms with E-state index in [4.69, 9.17) is 9.84 Å². The molecule has 8 nitrogen and oxygen atoms in total. The third-order valence-corrected chi connectivity index (χ3v) is 2.95. The zero-order valence-corrected chi connectivity index (χ0v) is 12.3. The number of halogens is 1. The summed E-state index contributed by atoms with van der Waals surface area (Å²) in [7, 11) is 1.45. The topological polar surface area (TPSA) is 97.5 Å². The largest absolute Gasteiger partial charge is 0.480 e. The molecule has 1 aromatic heterocycles. The first-order chi connectivity index (χ1) is 11.0. The number of rotatable bonds is 7. The van der Waals surface area contributed by atoms with Gasteiger partial charge in [0.1, 0.15) is 12.4 Å². The Morgan fingerprint density at radius 2 is 2.04 bits per heavy atom. The number of methoxy groups -OCH3 is 1. The molecular formula is C14H15FN4O4. The van der Waals surface area contributed by atoms with Crippen molar-refractivity contribution < 1.29 is 23.8 Å². The molecule has 0 fully saturated rings. The number of hydrogen-bond donors (Lipinski definition) is 1. The summed E-state index contributed by atoms with van der Waals surface area (Å²) >= 11 is 0. The van der Waals surface area contributed by atoms with Crippen LogP contribution in [-0.4, -0.2) is 63.7 Å². The maximum absolute atomic E-state index is 12.9. The molecule has 0 spiro atoms. The minimum Gasteiger partial charge on any atom is -0.480 e. The summed E-state index contributed by atoms with van der Waals surface area (Å²) in [4.78, 5) is 25.4. The van der Waals surface area contributed by atoms with Crippen molar-refractivity contribution in [2.45, 2.75) is 0 Å². The summed E-state index contributed by atoms with van der Waals surface area (Å²) in [6.45, 7) is -0.151. The third-order valence-electron chi connectivity index (χ3n) is 2.95. The first-order valence-electron chi connectivity index (χ1n) is 6.69. The molecule has 1 heterocycles. The second kappa shape index (κ2) is 7.45. The Labute approximate surface area is 131 Å². The van der Waals surface area contributed by atoms with Gasteiger partial charge in [-0.15, -0.1) is 5.10 Å². The van der Waals surface area contributed by atoms with Gasteiger partial charge in [-0.2, -0.15) is 9.90 Å². The van der Waals surface area contributed by atoms with Crippen LogP contribution in [0.25, 0.3) is 5.69 Å². The van der Waals surface area contributed by atoms with Crippen molar-refractivity contribution >= 4 is 11.9 Å². The van der Waals surface area contributed by atoms with Gasteiger partial charge >= 0.3 is 5.97 Å². The lowest BCUT2D eigenvalue weighted by atomic mass is 10.3. The number of aromatic nitrogens is 3. The smallest absolute Gasteiger partial charge is 0.323 e. The second-order valence-corrected chi connectivity index (χ2v) is 4.61. The van der Waals surface area contributed by atoms with Gasteiger partial charge in [0.2, 0.25) is 0 Å². The standard InChI is InChI=1S/C14H15FN4O4/c1-23-7-6-18(9-13(20)21)14(22)12-8-16-19(17-12)11-4-2-10(15)3-5-11/h2-5,8H,6-7,9H2,1H3,(H,20,21). The molecule has 1 aromatic carbocycles. The average Bonchev–Trinajstić information content (AvgIpc) is 3.01. The van der Waals surface area contributed by atoms with Crippen molar-refractivity contribution in [3.05, 3.63) is 42.0 Å². The maximum Gasteiger partial charge on any atom is 0.323 e. The number of aliphatic carboxylic acids is 1. The van der Waals surface area contributed by atoms with E-state index in [9.17, 15) is 14.0 Å². The van der Waals surface area contributed by atoms with E-state index in [0.29, 0.717) is 5.69 Å². The molecule has 1 N–H and O–H groups in total. The molecular weight excluding hydrogens is 307 g/mol. The molecule has 0 bridgehead atoms. The van der Waals surface area contributed by atoms with Gasteiger partial charge in [0, 0.05) is 13.7 Å². The Bertz CT molecular complexity index is 686. The van der Waals surface area contributed by atoms with E-state index < -0.39 is 24.2 Å². The molecule has 9 heteroatoms. The van der Waals surface area contributed by atoms with Crippen LogP contribution >= 0.6 is 0 Å². The molecule has 0 unspecified atom stereocenters. The molecule has 0 aliphatic carbocycles. The highest BCUT2D eigenvalue weighted by Gasteiger charge is 2.21.